The number of benzene rings is 1. The van der Waals surface area contributed by atoms with Gasteiger partial charge in [0, 0.05) is 23.9 Å². The Bertz CT molecular complexity index is 1070. The third kappa shape index (κ3) is 6.80. The zero-order valence-corrected chi connectivity index (χ0v) is 19.1. The molecule has 1 aromatic carbocycles. The van der Waals surface area contributed by atoms with Gasteiger partial charge in [0.15, 0.2) is 0 Å². The maximum Gasteiger partial charge on any atom is 0.411 e. The van der Waals surface area contributed by atoms with Crippen molar-refractivity contribution in [3.8, 4) is 11.1 Å². The first-order chi connectivity index (χ1) is 15.6. The van der Waals surface area contributed by atoms with E-state index in [4.69, 9.17) is 4.74 Å². The maximum absolute atomic E-state index is 12.5. The Hall–Kier alpha value is -3.88. The molecule has 0 saturated carbocycles. The Balaban J connectivity index is 2.00. The van der Waals surface area contributed by atoms with E-state index in [0.29, 0.717) is 23.5 Å². The number of alkyl carbamates (subject to hydrolysis) is 1. The van der Waals surface area contributed by atoms with Crippen LogP contribution in [0.2, 0.25) is 0 Å². The Labute approximate surface area is 192 Å². The van der Waals surface area contributed by atoms with E-state index in [1.807, 2.05) is 18.2 Å². The number of methoxy groups -OCH3 is 1. The number of ether oxygens (including phenoxy) is 2. The second-order valence-electron chi connectivity index (χ2n) is 8.50. The van der Waals surface area contributed by atoms with Crippen molar-refractivity contribution < 1.29 is 23.9 Å². The van der Waals surface area contributed by atoms with Gasteiger partial charge in [-0.3, -0.25) is 15.1 Å². The summed E-state index contributed by atoms with van der Waals surface area (Å²) in [6, 6.07) is 8.39. The number of rotatable bonds is 2. The van der Waals surface area contributed by atoms with E-state index >= 15 is 0 Å². The minimum absolute atomic E-state index is 0.147. The number of nitrogens with zero attached hydrogens (tertiary/aromatic N) is 1. The van der Waals surface area contributed by atoms with Crippen molar-refractivity contribution in [1.29, 1.82) is 0 Å². The fourth-order valence-electron chi connectivity index (χ4n) is 3.28. The molecule has 9 heteroatoms. The topological polar surface area (TPSA) is 119 Å². The predicted octanol–water partition coefficient (Wildman–Crippen LogP) is 4.78. The van der Waals surface area contributed by atoms with Gasteiger partial charge < -0.3 is 20.1 Å². The van der Waals surface area contributed by atoms with Crippen LogP contribution < -0.4 is 16.0 Å². The molecule has 0 fully saturated rings. The van der Waals surface area contributed by atoms with Gasteiger partial charge in [-0.05, 0) is 57.0 Å². The third-order valence-corrected chi connectivity index (χ3v) is 4.71. The molecule has 0 radical (unpaired) electrons. The van der Waals surface area contributed by atoms with Crippen molar-refractivity contribution in [2.45, 2.75) is 45.3 Å². The number of pyridine rings is 1. The van der Waals surface area contributed by atoms with E-state index in [0.717, 1.165) is 11.1 Å². The molecular weight excluding hydrogens is 424 g/mol. The molecule has 9 nitrogen and oxygen atoms in total. The number of anilines is 2. The average molecular weight is 453 g/mol. The van der Waals surface area contributed by atoms with Gasteiger partial charge in [0.1, 0.15) is 5.60 Å². The number of carbonyl (C=O) groups excluding carboxylic acids is 3. The first-order valence-electron chi connectivity index (χ1n) is 10.5. The lowest BCUT2D eigenvalue weighted by molar-refractivity contribution is -0.115. The highest BCUT2D eigenvalue weighted by molar-refractivity contribution is 5.98. The summed E-state index contributed by atoms with van der Waals surface area (Å²) >= 11 is 0. The van der Waals surface area contributed by atoms with Crippen LogP contribution in [-0.4, -0.2) is 35.8 Å². The Morgan fingerprint density at radius 1 is 1.12 bits per heavy atom. The maximum atomic E-state index is 12.5. The highest BCUT2D eigenvalue weighted by Gasteiger charge is 2.22. The van der Waals surface area contributed by atoms with E-state index < -0.39 is 23.8 Å². The molecule has 2 heterocycles. The number of fused-ring (bicyclic) bond motifs is 4. The van der Waals surface area contributed by atoms with Gasteiger partial charge in [-0.2, -0.15) is 0 Å². The molecule has 2 aromatic rings. The summed E-state index contributed by atoms with van der Waals surface area (Å²) in [4.78, 5) is 41.0. The van der Waals surface area contributed by atoms with Crippen LogP contribution in [0.4, 0.5) is 21.0 Å². The molecule has 33 heavy (non-hydrogen) atoms. The van der Waals surface area contributed by atoms with E-state index in [1.165, 1.54) is 7.11 Å². The fourth-order valence-corrected chi connectivity index (χ4v) is 3.28. The second kappa shape index (κ2) is 10.2. The summed E-state index contributed by atoms with van der Waals surface area (Å²) in [6.45, 7) is 5.39. The summed E-state index contributed by atoms with van der Waals surface area (Å²) in [5.41, 5.74) is 2.55. The average Bonchev–Trinajstić information content (AvgIpc) is 2.74. The first kappa shape index (κ1) is 23.8. The van der Waals surface area contributed by atoms with E-state index in [9.17, 15) is 14.4 Å². The summed E-state index contributed by atoms with van der Waals surface area (Å²) in [6.07, 6.45) is 4.65. The number of aromatic nitrogens is 1. The molecule has 0 aliphatic carbocycles. The third-order valence-electron chi connectivity index (χ3n) is 4.71. The molecule has 1 unspecified atom stereocenters. The number of hydrogen-bond donors (Lipinski definition) is 3. The summed E-state index contributed by atoms with van der Waals surface area (Å²) in [7, 11) is 1.28. The van der Waals surface area contributed by atoms with E-state index in [1.54, 1.807) is 51.2 Å². The summed E-state index contributed by atoms with van der Waals surface area (Å²) in [5, 5.41) is 8.36. The number of hydrogen-bond acceptors (Lipinski definition) is 6. The zero-order valence-electron chi connectivity index (χ0n) is 19.1. The van der Waals surface area contributed by atoms with Crippen molar-refractivity contribution in [2.75, 3.05) is 17.7 Å². The standard InChI is InChI=1S/C24H28N4O5/c1-24(2,3)33-23(31)28-18-7-5-6-8-21(29)27-19-14-16(26-22(30)32-4)9-10-17(19)15-11-12-25-20(18)13-15/h5-6,9-14,18H,7-8H2,1-4H3,(H,26,30)(H,27,29)(H,28,31). The van der Waals surface area contributed by atoms with Crippen LogP contribution in [0.1, 0.15) is 45.3 Å². The molecule has 1 aliphatic rings. The Morgan fingerprint density at radius 2 is 1.91 bits per heavy atom. The minimum Gasteiger partial charge on any atom is -0.453 e. The fraction of sp³-hybridized carbons (Fsp3) is 0.333. The molecule has 1 aliphatic heterocycles. The van der Waals surface area contributed by atoms with Gasteiger partial charge in [0.25, 0.3) is 0 Å². The van der Waals surface area contributed by atoms with Gasteiger partial charge in [-0.15, -0.1) is 0 Å². The highest BCUT2D eigenvalue weighted by Crippen LogP contribution is 2.33. The Morgan fingerprint density at radius 3 is 2.64 bits per heavy atom. The molecular formula is C24H28N4O5. The van der Waals surface area contributed by atoms with Gasteiger partial charge in [-0.25, -0.2) is 9.59 Å². The van der Waals surface area contributed by atoms with Crippen LogP contribution in [0.25, 0.3) is 11.1 Å². The van der Waals surface area contributed by atoms with Crippen LogP contribution in [-0.2, 0) is 14.3 Å². The number of carbonyl (C=O) groups is 3. The predicted molar refractivity (Wildman–Crippen MR) is 125 cm³/mol. The van der Waals surface area contributed by atoms with Gasteiger partial charge >= 0.3 is 12.2 Å². The first-order valence-corrected chi connectivity index (χ1v) is 10.5. The van der Waals surface area contributed by atoms with E-state index in [2.05, 4.69) is 25.7 Å². The van der Waals surface area contributed by atoms with Gasteiger partial charge in [0.05, 0.1) is 24.5 Å². The van der Waals surface area contributed by atoms with Gasteiger partial charge in [0.2, 0.25) is 5.91 Å². The number of amides is 3. The molecule has 174 valence electrons. The normalized spacial score (nSPS) is 15.8. The molecule has 1 atom stereocenters. The van der Waals surface area contributed by atoms with Crippen molar-refractivity contribution in [1.82, 2.24) is 10.3 Å². The van der Waals surface area contributed by atoms with Crippen molar-refractivity contribution in [3.05, 3.63) is 54.4 Å². The van der Waals surface area contributed by atoms with Crippen LogP contribution in [0.15, 0.2) is 48.7 Å². The van der Waals surface area contributed by atoms with Gasteiger partial charge in [-0.1, -0.05) is 18.2 Å². The molecule has 0 saturated heterocycles. The molecule has 0 spiro atoms. The molecule has 3 amide bonds. The lowest BCUT2D eigenvalue weighted by atomic mass is 9.99. The highest BCUT2D eigenvalue weighted by atomic mass is 16.6. The Kier molecular flexibility index (Phi) is 7.32. The number of nitrogens with one attached hydrogen (secondary N) is 3. The zero-order chi connectivity index (χ0) is 24.0. The second-order valence-corrected chi connectivity index (χ2v) is 8.50. The van der Waals surface area contributed by atoms with Crippen LogP contribution in [0, 0.1) is 0 Å². The molecule has 2 bridgehead atoms. The van der Waals surface area contributed by atoms with Crippen molar-refractivity contribution in [2.24, 2.45) is 0 Å². The van der Waals surface area contributed by atoms with Crippen molar-refractivity contribution >= 4 is 29.5 Å². The quantitative estimate of drug-likeness (QED) is 0.564. The lowest BCUT2D eigenvalue weighted by Gasteiger charge is -2.23. The molecule has 3 rings (SSSR count). The minimum atomic E-state index is -0.631. The van der Waals surface area contributed by atoms with Crippen LogP contribution in [0.5, 0.6) is 0 Å². The van der Waals surface area contributed by atoms with E-state index in [-0.39, 0.29) is 12.3 Å². The smallest absolute Gasteiger partial charge is 0.411 e. The van der Waals surface area contributed by atoms with Crippen LogP contribution >= 0.6 is 0 Å². The summed E-state index contributed by atoms with van der Waals surface area (Å²) < 4.78 is 10.0. The monoisotopic (exact) mass is 452 g/mol. The summed E-state index contributed by atoms with van der Waals surface area (Å²) in [5.74, 6) is -0.214. The largest absolute Gasteiger partial charge is 0.453 e. The SMILES string of the molecule is COC(=O)Nc1ccc2c(c1)NC(=O)CC=CCC(NC(=O)OC(C)(C)C)c1cc-2ccn1. The molecule has 3 N–H and O–H groups in total. The molecule has 1 aromatic heterocycles. The van der Waals surface area contributed by atoms with Crippen molar-refractivity contribution in [3.63, 3.8) is 0 Å². The van der Waals surface area contributed by atoms with Crippen LogP contribution in [0.3, 0.4) is 0 Å². The lowest BCUT2D eigenvalue weighted by Crippen LogP contribution is -2.35.